The van der Waals surface area contributed by atoms with Crippen LogP contribution in [-0.2, 0) is 11.2 Å². The molecule has 1 aromatic rings. The average molecular weight is 265 g/mol. The summed E-state index contributed by atoms with van der Waals surface area (Å²) in [5.74, 6) is -0.607. The molecule has 1 aromatic carbocycles. The number of nitrogens with one attached hydrogen (secondary N) is 1. The van der Waals surface area contributed by atoms with Crippen molar-refractivity contribution in [3.63, 3.8) is 0 Å². The highest BCUT2D eigenvalue weighted by Crippen LogP contribution is 2.45. The summed E-state index contributed by atoms with van der Waals surface area (Å²) >= 11 is 0. The van der Waals surface area contributed by atoms with Gasteiger partial charge in [0.15, 0.2) is 5.84 Å². The van der Waals surface area contributed by atoms with Crippen LogP contribution >= 0.6 is 0 Å². The smallest absolute Gasteiger partial charge is 0.233 e. The summed E-state index contributed by atoms with van der Waals surface area (Å²) < 4.78 is 13.4. The topological polar surface area (TPSA) is 87.7 Å². The van der Waals surface area contributed by atoms with E-state index in [-0.39, 0.29) is 17.6 Å². The molecule has 6 heteroatoms. The van der Waals surface area contributed by atoms with Gasteiger partial charge in [0.1, 0.15) is 11.2 Å². The molecule has 1 aliphatic rings. The van der Waals surface area contributed by atoms with Crippen LogP contribution in [0, 0.1) is 11.2 Å². The lowest BCUT2D eigenvalue weighted by Crippen LogP contribution is -2.41. The summed E-state index contributed by atoms with van der Waals surface area (Å²) in [6, 6.07) is 6.43. The minimum atomic E-state index is -0.857. The van der Waals surface area contributed by atoms with E-state index in [0.717, 1.165) is 0 Å². The minimum Gasteiger partial charge on any atom is -0.409 e. The quantitative estimate of drug-likeness (QED) is 0.321. The maximum atomic E-state index is 13.4. The monoisotopic (exact) mass is 265 g/mol. The normalized spacial score (nSPS) is 17.0. The molecule has 1 amide bonds. The van der Waals surface area contributed by atoms with Crippen molar-refractivity contribution in [2.45, 2.75) is 19.3 Å². The van der Waals surface area contributed by atoms with Gasteiger partial charge in [-0.3, -0.25) is 4.79 Å². The molecular weight excluding hydrogens is 249 g/mol. The summed E-state index contributed by atoms with van der Waals surface area (Å²) in [5.41, 5.74) is 5.20. The Morgan fingerprint density at radius 3 is 2.74 bits per heavy atom. The summed E-state index contributed by atoms with van der Waals surface area (Å²) in [7, 11) is 0. The molecule has 0 radical (unpaired) electrons. The molecule has 1 aliphatic carbocycles. The van der Waals surface area contributed by atoms with Crippen molar-refractivity contribution in [2.75, 3.05) is 6.54 Å². The molecule has 0 unspecified atom stereocenters. The van der Waals surface area contributed by atoms with E-state index >= 15 is 0 Å². The van der Waals surface area contributed by atoms with Crippen molar-refractivity contribution in [1.29, 1.82) is 0 Å². The van der Waals surface area contributed by atoms with Gasteiger partial charge in [0.05, 0.1) is 0 Å². The van der Waals surface area contributed by atoms with E-state index in [4.69, 9.17) is 10.9 Å². The third-order valence-corrected chi connectivity index (χ3v) is 3.42. The summed E-state index contributed by atoms with van der Waals surface area (Å²) in [6.07, 6.45) is 1.56. The van der Waals surface area contributed by atoms with Crippen LogP contribution in [0.1, 0.15) is 18.4 Å². The van der Waals surface area contributed by atoms with Gasteiger partial charge in [0.2, 0.25) is 5.91 Å². The van der Waals surface area contributed by atoms with Gasteiger partial charge in [0.25, 0.3) is 0 Å². The van der Waals surface area contributed by atoms with Crippen molar-refractivity contribution in [1.82, 2.24) is 5.32 Å². The fourth-order valence-electron chi connectivity index (χ4n) is 2.00. The van der Waals surface area contributed by atoms with E-state index in [9.17, 15) is 9.18 Å². The van der Waals surface area contributed by atoms with Crippen LogP contribution in [-0.4, -0.2) is 23.5 Å². The lowest BCUT2D eigenvalue weighted by molar-refractivity contribution is -0.124. The predicted octanol–water partition coefficient (Wildman–Crippen LogP) is 1.01. The number of nitrogens with two attached hydrogens (primary N) is 1. The Labute approximate surface area is 110 Å². The van der Waals surface area contributed by atoms with E-state index in [0.29, 0.717) is 31.4 Å². The second-order valence-electron chi connectivity index (χ2n) is 4.66. The number of carbonyl (C=O) groups is 1. The number of rotatable bonds is 5. The van der Waals surface area contributed by atoms with Crippen molar-refractivity contribution in [3.05, 3.63) is 35.6 Å². The van der Waals surface area contributed by atoms with Gasteiger partial charge in [-0.1, -0.05) is 23.4 Å². The van der Waals surface area contributed by atoms with Gasteiger partial charge in [-0.25, -0.2) is 4.39 Å². The maximum absolute atomic E-state index is 13.4. The zero-order valence-electron chi connectivity index (χ0n) is 10.4. The largest absolute Gasteiger partial charge is 0.409 e. The second-order valence-corrected chi connectivity index (χ2v) is 4.66. The molecule has 0 bridgehead atoms. The fourth-order valence-corrected chi connectivity index (χ4v) is 2.00. The number of hydrogen-bond acceptors (Lipinski definition) is 3. The van der Waals surface area contributed by atoms with Crippen LogP contribution in [0.4, 0.5) is 4.39 Å². The molecule has 19 heavy (non-hydrogen) atoms. The Balaban J connectivity index is 1.87. The molecule has 5 nitrogen and oxygen atoms in total. The lowest BCUT2D eigenvalue weighted by atomic mass is 10.0. The maximum Gasteiger partial charge on any atom is 0.233 e. The van der Waals surface area contributed by atoms with Crippen LogP contribution in [0.5, 0.6) is 0 Å². The number of benzene rings is 1. The standard InChI is InChI=1S/C13H16FN3O2/c14-10-4-2-1-3-9(10)5-8-16-12(18)13(6-7-13)11(15)17-19/h1-4,19H,5-8H2,(H2,15,17)(H,16,18). The van der Waals surface area contributed by atoms with Crippen LogP contribution in [0.15, 0.2) is 29.4 Å². The van der Waals surface area contributed by atoms with Crippen LogP contribution in [0.25, 0.3) is 0 Å². The minimum absolute atomic E-state index is 0.0594. The SMILES string of the molecule is N/C(=N/O)C1(C(=O)NCCc2ccccc2F)CC1. The van der Waals surface area contributed by atoms with Crippen LogP contribution < -0.4 is 11.1 Å². The number of amidine groups is 1. The average Bonchev–Trinajstić information content (AvgIpc) is 3.21. The first-order valence-corrected chi connectivity index (χ1v) is 6.10. The van der Waals surface area contributed by atoms with Gasteiger partial charge in [-0.05, 0) is 30.9 Å². The third kappa shape index (κ3) is 2.67. The number of amides is 1. The van der Waals surface area contributed by atoms with E-state index < -0.39 is 5.41 Å². The first-order chi connectivity index (χ1) is 9.10. The number of carbonyl (C=O) groups excluding carboxylic acids is 1. The van der Waals surface area contributed by atoms with Gasteiger partial charge in [-0.15, -0.1) is 0 Å². The van der Waals surface area contributed by atoms with Crippen LogP contribution in [0.3, 0.4) is 0 Å². The van der Waals surface area contributed by atoms with E-state index in [2.05, 4.69) is 10.5 Å². The number of hydrogen-bond donors (Lipinski definition) is 3. The molecule has 0 aliphatic heterocycles. The predicted molar refractivity (Wildman–Crippen MR) is 68.2 cm³/mol. The second kappa shape index (κ2) is 5.26. The van der Waals surface area contributed by atoms with E-state index in [1.165, 1.54) is 6.07 Å². The summed E-state index contributed by atoms with van der Waals surface area (Å²) in [5, 5.41) is 14.2. The Hall–Kier alpha value is -2.11. The highest BCUT2D eigenvalue weighted by Gasteiger charge is 2.54. The van der Waals surface area contributed by atoms with Gasteiger partial charge in [-0.2, -0.15) is 0 Å². The molecule has 4 N–H and O–H groups in total. The molecule has 1 fully saturated rings. The van der Waals surface area contributed by atoms with Crippen molar-refractivity contribution in [3.8, 4) is 0 Å². The molecule has 0 aromatic heterocycles. The molecule has 1 saturated carbocycles. The zero-order valence-corrected chi connectivity index (χ0v) is 10.4. The molecule has 0 spiro atoms. The Morgan fingerprint density at radius 1 is 1.47 bits per heavy atom. The highest BCUT2D eigenvalue weighted by atomic mass is 19.1. The first kappa shape index (κ1) is 13.3. The van der Waals surface area contributed by atoms with Crippen LogP contribution in [0.2, 0.25) is 0 Å². The number of nitrogens with zero attached hydrogens (tertiary/aromatic N) is 1. The molecule has 0 atom stereocenters. The molecule has 102 valence electrons. The molecular formula is C13H16FN3O2. The molecule has 0 heterocycles. The zero-order chi connectivity index (χ0) is 13.9. The van der Waals surface area contributed by atoms with E-state index in [1.807, 2.05) is 0 Å². The van der Waals surface area contributed by atoms with Crippen molar-refractivity contribution >= 4 is 11.7 Å². The first-order valence-electron chi connectivity index (χ1n) is 6.10. The Bertz CT molecular complexity index is 512. The third-order valence-electron chi connectivity index (χ3n) is 3.42. The Kier molecular flexibility index (Phi) is 3.69. The molecule has 2 rings (SSSR count). The number of oxime groups is 1. The molecule has 0 saturated heterocycles. The van der Waals surface area contributed by atoms with Gasteiger partial charge >= 0.3 is 0 Å². The van der Waals surface area contributed by atoms with Gasteiger partial charge < -0.3 is 16.3 Å². The Morgan fingerprint density at radius 2 is 2.16 bits per heavy atom. The number of halogens is 1. The summed E-state index contributed by atoms with van der Waals surface area (Å²) in [6.45, 7) is 0.320. The van der Waals surface area contributed by atoms with Gasteiger partial charge in [0, 0.05) is 6.54 Å². The fraction of sp³-hybridized carbons (Fsp3) is 0.385. The highest BCUT2D eigenvalue weighted by molar-refractivity contribution is 6.09. The summed E-state index contributed by atoms with van der Waals surface area (Å²) in [4.78, 5) is 11.9. The lowest BCUT2D eigenvalue weighted by Gasteiger charge is -2.13. The van der Waals surface area contributed by atoms with Crippen molar-refractivity contribution in [2.24, 2.45) is 16.3 Å². The van der Waals surface area contributed by atoms with E-state index in [1.54, 1.807) is 18.2 Å². The van der Waals surface area contributed by atoms with Crippen molar-refractivity contribution < 1.29 is 14.4 Å².